The third-order valence-corrected chi connectivity index (χ3v) is 12.2. The Kier molecular flexibility index (Phi) is 5.74. The Morgan fingerprint density at radius 3 is 2.56 bits per heavy atom. The fourth-order valence-corrected chi connectivity index (χ4v) is 11.5. The van der Waals surface area contributed by atoms with E-state index >= 15 is 0 Å². The van der Waals surface area contributed by atoms with Crippen molar-refractivity contribution in [3.8, 4) is 16.9 Å². The fourth-order valence-electron chi connectivity index (χ4n) is 5.12. The maximum atomic E-state index is 11.3. The molecule has 2 unspecified atom stereocenters. The van der Waals surface area contributed by atoms with Crippen molar-refractivity contribution in [2.45, 2.75) is 36.0 Å². The van der Waals surface area contributed by atoms with Crippen molar-refractivity contribution in [1.29, 1.82) is 0 Å². The van der Waals surface area contributed by atoms with E-state index in [0.717, 1.165) is 12.0 Å². The molecule has 0 aromatic heterocycles. The van der Waals surface area contributed by atoms with E-state index in [9.17, 15) is 5.11 Å². The van der Waals surface area contributed by atoms with Crippen LogP contribution in [0.4, 0.5) is 0 Å². The SMILES string of the molecule is CCC[Si]1(C)c2c(O)c(C3=CC=CC3)c3c(c21)[CH]([Zr+2])c1ccccc1-3.[Cl-].[Cl-]. The van der Waals surface area contributed by atoms with E-state index in [4.69, 9.17) is 0 Å². The number of halogens is 2. The van der Waals surface area contributed by atoms with E-state index in [1.54, 1.807) is 35.5 Å². The largest absolute Gasteiger partial charge is 1.00 e. The number of phenolic OH excluding ortho intramolecular Hbond substituents is 1. The van der Waals surface area contributed by atoms with E-state index < -0.39 is 8.07 Å². The van der Waals surface area contributed by atoms with Gasteiger partial charge >= 0.3 is 166 Å². The molecule has 2 aliphatic carbocycles. The van der Waals surface area contributed by atoms with Gasteiger partial charge in [0.1, 0.15) is 0 Å². The van der Waals surface area contributed by atoms with Crippen LogP contribution in [-0.4, -0.2) is 13.2 Å². The van der Waals surface area contributed by atoms with Crippen LogP contribution in [0.3, 0.4) is 0 Å². The van der Waals surface area contributed by atoms with Gasteiger partial charge in [-0.1, -0.05) is 0 Å². The maximum Gasteiger partial charge on any atom is -1.00 e. The summed E-state index contributed by atoms with van der Waals surface area (Å²) in [7, 11) is -1.59. The summed E-state index contributed by atoms with van der Waals surface area (Å²) in [6.45, 7) is 4.75. The van der Waals surface area contributed by atoms with Crippen molar-refractivity contribution in [1.82, 2.24) is 0 Å². The Bertz CT molecular complexity index is 998. The molecule has 0 radical (unpaired) electrons. The summed E-state index contributed by atoms with van der Waals surface area (Å²) in [5, 5.41) is 14.3. The minimum atomic E-state index is -1.59. The van der Waals surface area contributed by atoms with Crippen molar-refractivity contribution in [3.63, 3.8) is 0 Å². The van der Waals surface area contributed by atoms with Gasteiger partial charge < -0.3 is 24.8 Å². The summed E-state index contributed by atoms with van der Waals surface area (Å²) >= 11 is 1.57. The predicted octanol–water partition coefficient (Wildman–Crippen LogP) is -1.72. The van der Waals surface area contributed by atoms with E-state index in [0.29, 0.717) is 9.38 Å². The molecular weight excluding hydrogens is 470 g/mol. The zero-order valence-electron chi connectivity index (χ0n) is 15.4. The summed E-state index contributed by atoms with van der Waals surface area (Å²) in [4.78, 5) is 0. The van der Waals surface area contributed by atoms with Crippen LogP contribution in [0, 0.1) is 0 Å². The van der Waals surface area contributed by atoms with E-state index in [1.807, 2.05) is 0 Å². The minimum Gasteiger partial charge on any atom is -1.00 e. The molecule has 0 amide bonds. The van der Waals surface area contributed by atoms with Gasteiger partial charge in [-0.15, -0.1) is 0 Å². The quantitative estimate of drug-likeness (QED) is 0.507. The Balaban J connectivity index is 0.00000105. The molecule has 137 valence electrons. The molecule has 2 atom stereocenters. The first-order valence-corrected chi connectivity index (χ1v) is 13.3. The zero-order chi connectivity index (χ0) is 17.3. The molecule has 2 aromatic carbocycles. The van der Waals surface area contributed by atoms with Crippen LogP contribution >= 0.6 is 0 Å². The molecule has 1 N–H and O–H groups in total. The molecular formula is C22H21Cl2OSiZr. The first kappa shape index (κ1) is 21.1. The molecule has 1 heterocycles. The number of benzene rings is 2. The Morgan fingerprint density at radius 2 is 1.89 bits per heavy atom. The van der Waals surface area contributed by atoms with Gasteiger partial charge in [0.25, 0.3) is 0 Å². The third-order valence-electron chi connectivity index (χ3n) is 6.23. The number of phenols is 1. The minimum absolute atomic E-state index is 0. The molecule has 3 aliphatic rings. The molecule has 1 nitrogen and oxygen atoms in total. The Morgan fingerprint density at radius 1 is 1.15 bits per heavy atom. The molecule has 0 saturated heterocycles. The van der Waals surface area contributed by atoms with Crippen molar-refractivity contribution >= 4 is 24.0 Å². The second kappa shape index (κ2) is 7.34. The monoisotopic (exact) mass is 489 g/mol. The topological polar surface area (TPSA) is 20.2 Å². The molecule has 5 heteroatoms. The Hall–Kier alpha value is -0.600. The molecule has 0 spiro atoms. The number of hydrogen-bond acceptors (Lipinski definition) is 1. The molecule has 2 aromatic rings. The second-order valence-electron chi connectivity index (χ2n) is 7.69. The van der Waals surface area contributed by atoms with Gasteiger partial charge in [0.05, 0.1) is 0 Å². The van der Waals surface area contributed by atoms with E-state index in [-0.39, 0.29) is 24.8 Å². The first-order valence-electron chi connectivity index (χ1n) is 9.19. The first-order chi connectivity index (χ1) is 12.1. The number of fused-ring (bicyclic) bond motifs is 5. The van der Waals surface area contributed by atoms with Gasteiger partial charge in [0, 0.05) is 0 Å². The van der Waals surface area contributed by atoms with Crippen LogP contribution in [-0.2, 0) is 24.7 Å². The standard InChI is InChI=1S/C22H21OSi.2ClH.Zr/c1-3-12-24(2)21-17-13-15-10-6-7-11-16(15)19(17)18(20(23)22(21)24)14-8-4-5-9-14;;;/h4-8,10-11,13,23H,3,9,12H2,1-2H3;2*1H;/q;;;+2/p-2. The predicted molar refractivity (Wildman–Crippen MR) is 103 cm³/mol. The maximum absolute atomic E-state index is 11.3. The summed E-state index contributed by atoms with van der Waals surface area (Å²) in [6, 6.07) is 10.1. The third kappa shape index (κ3) is 2.73. The molecule has 1 aliphatic heterocycles. The smallest absolute Gasteiger partial charge is 1.00 e. The Labute approximate surface area is 189 Å². The van der Waals surface area contributed by atoms with Gasteiger partial charge in [0.15, 0.2) is 0 Å². The summed E-state index contributed by atoms with van der Waals surface area (Å²) in [5.41, 5.74) is 8.20. The normalized spacial score (nSPS) is 23.0. The summed E-state index contributed by atoms with van der Waals surface area (Å²) in [6.07, 6.45) is 8.67. The molecule has 0 bridgehead atoms. The van der Waals surface area contributed by atoms with Gasteiger partial charge in [0.2, 0.25) is 0 Å². The van der Waals surface area contributed by atoms with E-state index in [2.05, 4.69) is 56.0 Å². The van der Waals surface area contributed by atoms with Crippen LogP contribution in [0.1, 0.15) is 40.1 Å². The van der Waals surface area contributed by atoms with Crippen LogP contribution in [0.5, 0.6) is 5.75 Å². The molecule has 0 fully saturated rings. The number of aromatic hydroxyl groups is 1. The van der Waals surface area contributed by atoms with Crippen molar-refractivity contribution in [3.05, 3.63) is 59.2 Å². The molecule has 5 rings (SSSR count). The number of rotatable bonds is 3. The van der Waals surface area contributed by atoms with Crippen LogP contribution in [0.2, 0.25) is 12.6 Å². The van der Waals surface area contributed by atoms with Gasteiger partial charge in [-0.05, 0) is 0 Å². The van der Waals surface area contributed by atoms with Crippen LogP contribution in [0.25, 0.3) is 16.7 Å². The van der Waals surface area contributed by atoms with E-state index in [1.165, 1.54) is 39.9 Å². The summed E-state index contributed by atoms with van der Waals surface area (Å²) in [5.74, 6) is 0.617. The average molecular weight is 492 g/mol. The van der Waals surface area contributed by atoms with Crippen molar-refractivity contribution in [2.75, 3.05) is 0 Å². The van der Waals surface area contributed by atoms with Crippen molar-refractivity contribution < 1.29 is 54.6 Å². The van der Waals surface area contributed by atoms with Crippen molar-refractivity contribution in [2.24, 2.45) is 0 Å². The summed E-state index contributed by atoms with van der Waals surface area (Å²) < 4.78 is 0.535. The number of hydrogen-bond donors (Lipinski definition) is 1. The zero-order valence-corrected chi connectivity index (χ0v) is 20.4. The van der Waals surface area contributed by atoms with Crippen LogP contribution < -0.4 is 35.2 Å². The average Bonchev–Trinajstić information content (AvgIpc) is 2.96. The molecule has 27 heavy (non-hydrogen) atoms. The van der Waals surface area contributed by atoms with Gasteiger partial charge in [-0.2, -0.15) is 0 Å². The fraction of sp³-hybridized carbons (Fsp3) is 0.273. The second-order valence-corrected chi connectivity index (χ2v) is 13.3. The van der Waals surface area contributed by atoms with Crippen LogP contribution in [0.15, 0.2) is 42.5 Å². The number of allylic oxidation sites excluding steroid dienone is 4. The van der Waals surface area contributed by atoms with Gasteiger partial charge in [-0.3, -0.25) is 0 Å². The molecule has 0 saturated carbocycles. The van der Waals surface area contributed by atoms with Gasteiger partial charge in [-0.25, -0.2) is 0 Å².